The Morgan fingerprint density at radius 1 is 1.43 bits per heavy atom. The molecule has 0 saturated heterocycles. The number of nitrogens with zero attached hydrogens (tertiary/aromatic N) is 2. The van der Waals surface area contributed by atoms with Crippen LogP contribution in [-0.2, 0) is 13.2 Å². The number of hydrogen-bond acceptors (Lipinski definition) is 3. The number of alkyl halides is 3. The van der Waals surface area contributed by atoms with E-state index in [4.69, 9.17) is 9.84 Å². The molecule has 0 unspecified atom stereocenters. The van der Waals surface area contributed by atoms with Crippen molar-refractivity contribution in [1.29, 1.82) is 0 Å². The molecule has 9 heteroatoms. The van der Waals surface area contributed by atoms with Crippen LogP contribution in [0.4, 0.5) is 13.2 Å². The van der Waals surface area contributed by atoms with E-state index in [1.165, 1.54) is 24.0 Å². The average Bonchev–Trinajstić information content (AvgIpc) is 2.71. The molecule has 0 aliphatic rings. The Morgan fingerprint density at radius 2 is 2.10 bits per heavy atom. The van der Waals surface area contributed by atoms with Crippen LogP contribution in [0.25, 0.3) is 0 Å². The zero-order valence-corrected chi connectivity index (χ0v) is 12.1. The van der Waals surface area contributed by atoms with E-state index in [1.54, 1.807) is 0 Å². The van der Waals surface area contributed by atoms with Crippen molar-refractivity contribution >= 4 is 21.9 Å². The molecule has 0 aliphatic heterocycles. The molecule has 0 fully saturated rings. The fourth-order valence-corrected chi connectivity index (χ4v) is 2.17. The van der Waals surface area contributed by atoms with Crippen LogP contribution in [-0.4, -0.2) is 20.9 Å². The van der Waals surface area contributed by atoms with Crippen LogP contribution < -0.4 is 4.74 Å². The van der Waals surface area contributed by atoms with Crippen molar-refractivity contribution in [3.8, 4) is 11.6 Å². The summed E-state index contributed by atoms with van der Waals surface area (Å²) >= 11 is 2.82. The van der Waals surface area contributed by atoms with Crippen LogP contribution in [0.5, 0.6) is 11.6 Å². The lowest BCUT2D eigenvalue weighted by Gasteiger charge is -2.12. The highest BCUT2D eigenvalue weighted by molar-refractivity contribution is 9.10. The van der Waals surface area contributed by atoms with Gasteiger partial charge in [0.15, 0.2) is 0 Å². The lowest BCUT2D eigenvalue weighted by atomic mass is 10.2. The van der Waals surface area contributed by atoms with E-state index in [-0.39, 0.29) is 21.7 Å². The van der Waals surface area contributed by atoms with Gasteiger partial charge < -0.3 is 9.84 Å². The van der Waals surface area contributed by atoms with Crippen LogP contribution in [0.15, 0.2) is 28.9 Å². The van der Waals surface area contributed by atoms with Crippen molar-refractivity contribution < 1.29 is 27.8 Å². The molecular formula is C12H8BrF3N2O3. The van der Waals surface area contributed by atoms with Crippen LogP contribution in [0, 0.1) is 0 Å². The zero-order valence-electron chi connectivity index (χ0n) is 10.5. The normalized spacial score (nSPS) is 11.5. The SMILES string of the molecule is Cn1cc(C(=O)O)c(Oc2cccc(C(F)(F)F)c2Br)n1. The van der Waals surface area contributed by atoms with E-state index in [9.17, 15) is 18.0 Å². The van der Waals surface area contributed by atoms with Gasteiger partial charge in [-0.15, -0.1) is 5.10 Å². The lowest BCUT2D eigenvalue weighted by molar-refractivity contribution is -0.138. The van der Waals surface area contributed by atoms with Crippen molar-refractivity contribution in [3.63, 3.8) is 0 Å². The number of carbonyl (C=O) groups is 1. The van der Waals surface area contributed by atoms with E-state index >= 15 is 0 Å². The monoisotopic (exact) mass is 364 g/mol. The van der Waals surface area contributed by atoms with Gasteiger partial charge in [0.25, 0.3) is 5.88 Å². The van der Waals surface area contributed by atoms with E-state index in [2.05, 4.69) is 21.0 Å². The van der Waals surface area contributed by atoms with Gasteiger partial charge in [0.2, 0.25) is 0 Å². The first-order valence-electron chi connectivity index (χ1n) is 5.50. The van der Waals surface area contributed by atoms with Gasteiger partial charge in [-0.1, -0.05) is 6.07 Å². The summed E-state index contributed by atoms with van der Waals surface area (Å²) < 4.78 is 44.4. The van der Waals surface area contributed by atoms with Gasteiger partial charge in [-0.3, -0.25) is 4.68 Å². The molecule has 0 spiro atoms. The third kappa shape index (κ3) is 3.18. The second kappa shape index (κ2) is 5.40. The molecule has 2 aromatic rings. The molecule has 0 saturated carbocycles. The molecule has 0 atom stereocenters. The Bertz CT molecular complexity index is 698. The number of aromatic nitrogens is 2. The van der Waals surface area contributed by atoms with Crippen LogP contribution in [0.3, 0.4) is 0 Å². The first kappa shape index (κ1) is 15.4. The first-order valence-corrected chi connectivity index (χ1v) is 6.30. The quantitative estimate of drug-likeness (QED) is 0.901. The lowest BCUT2D eigenvalue weighted by Crippen LogP contribution is -2.06. The summed E-state index contributed by atoms with van der Waals surface area (Å²) in [4.78, 5) is 11.0. The second-order valence-electron chi connectivity index (χ2n) is 4.04. The minimum atomic E-state index is -4.56. The number of carboxylic acids is 1. The largest absolute Gasteiger partial charge is 0.477 e. The molecule has 21 heavy (non-hydrogen) atoms. The smallest absolute Gasteiger partial charge is 0.417 e. The van der Waals surface area contributed by atoms with Crippen molar-refractivity contribution in [1.82, 2.24) is 9.78 Å². The average molecular weight is 365 g/mol. The summed E-state index contributed by atoms with van der Waals surface area (Å²) in [5.74, 6) is -1.75. The molecule has 2 rings (SSSR count). The fraction of sp³-hybridized carbons (Fsp3) is 0.167. The third-order valence-electron chi connectivity index (χ3n) is 2.50. The second-order valence-corrected chi connectivity index (χ2v) is 4.84. The highest BCUT2D eigenvalue weighted by Crippen LogP contribution is 2.40. The summed E-state index contributed by atoms with van der Waals surface area (Å²) in [5.41, 5.74) is -1.17. The summed E-state index contributed by atoms with van der Waals surface area (Å²) in [7, 11) is 1.47. The predicted molar refractivity (Wildman–Crippen MR) is 69.4 cm³/mol. The molecular weight excluding hydrogens is 357 g/mol. The molecule has 112 valence electrons. The number of rotatable bonds is 3. The van der Waals surface area contributed by atoms with Gasteiger partial charge in [0.1, 0.15) is 11.3 Å². The highest BCUT2D eigenvalue weighted by Gasteiger charge is 2.34. The van der Waals surface area contributed by atoms with Crippen LogP contribution in [0.2, 0.25) is 0 Å². The van der Waals surface area contributed by atoms with Gasteiger partial charge in [-0.2, -0.15) is 13.2 Å². The Labute approximate surface area is 125 Å². The standard InChI is InChI=1S/C12H8BrF3N2O3/c1-18-5-6(11(19)20)10(17-18)21-8-4-2-3-7(9(8)13)12(14,15)16/h2-5H,1H3,(H,19,20). The van der Waals surface area contributed by atoms with Crippen molar-refractivity contribution in [3.05, 3.63) is 40.0 Å². The Kier molecular flexibility index (Phi) is 3.95. The number of ether oxygens (including phenoxy) is 1. The van der Waals surface area contributed by atoms with E-state index in [0.29, 0.717) is 0 Å². The maximum atomic E-state index is 12.8. The van der Waals surface area contributed by atoms with Gasteiger partial charge in [-0.25, -0.2) is 4.79 Å². The van der Waals surface area contributed by atoms with Crippen molar-refractivity contribution in [2.45, 2.75) is 6.18 Å². The fourth-order valence-electron chi connectivity index (χ4n) is 1.60. The number of carboxylic acid groups (broad SMARTS) is 1. The summed E-state index contributed by atoms with van der Waals surface area (Å²) in [6.45, 7) is 0. The highest BCUT2D eigenvalue weighted by atomic mass is 79.9. The van der Waals surface area contributed by atoms with E-state index in [1.807, 2.05) is 0 Å². The molecule has 1 heterocycles. The minimum absolute atomic E-state index is 0.175. The number of halogens is 4. The number of hydrogen-bond donors (Lipinski definition) is 1. The molecule has 1 aromatic carbocycles. The van der Waals surface area contributed by atoms with Crippen LogP contribution in [0.1, 0.15) is 15.9 Å². The zero-order chi connectivity index (χ0) is 15.8. The Balaban J connectivity index is 2.44. The molecule has 1 N–H and O–H groups in total. The van der Waals surface area contributed by atoms with Gasteiger partial charge in [0, 0.05) is 13.2 Å². The van der Waals surface area contributed by atoms with Gasteiger partial charge in [-0.05, 0) is 28.1 Å². The van der Waals surface area contributed by atoms with Crippen molar-refractivity contribution in [2.75, 3.05) is 0 Å². The third-order valence-corrected chi connectivity index (χ3v) is 3.32. The Hall–Kier alpha value is -2.03. The summed E-state index contributed by atoms with van der Waals surface area (Å²) in [5, 5.41) is 12.8. The number of benzene rings is 1. The molecule has 5 nitrogen and oxygen atoms in total. The minimum Gasteiger partial charge on any atom is -0.477 e. The first-order chi connectivity index (χ1) is 9.70. The van der Waals surface area contributed by atoms with Crippen LogP contribution >= 0.6 is 15.9 Å². The van der Waals surface area contributed by atoms with Gasteiger partial charge >= 0.3 is 12.1 Å². The number of aromatic carboxylic acids is 1. The Morgan fingerprint density at radius 3 is 2.67 bits per heavy atom. The topological polar surface area (TPSA) is 64.4 Å². The van der Waals surface area contributed by atoms with E-state index in [0.717, 1.165) is 12.1 Å². The van der Waals surface area contributed by atoms with Crippen molar-refractivity contribution in [2.24, 2.45) is 7.05 Å². The molecule has 0 aliphatic carbocycles. The number of aryl methyl sites for hydroxylation is 1. The summed E-state index contributed by atoms with van der Waals surface area (Å²) in [6.07, 6.45) is -3.36. The van der Waals surface area contributed by atoms with E-state index < -0.39 is 17.7 Å². The predicted octanol–water partition coefficient (Wildman–Crippen LogP) is 3.69. The summed E-state index contributed by atoms with van der Waals surface area (Å²) in [6, 6.07) is 3.32. The molecule has 1 aromatic heterocycles. The maximum absolute atomic E-state index is 12.8. The molecule has 0 radical (unpaired) electrons. The molecule has 0 amide bonds. The molecule has 0 bridgehead atoms. The van der Waals surface area contributed by atoms with Gasteiger partial charge in [0.05, 0.1) is 10.0 Å². The maximum Gasteiger partial charge on any atom is 0.417 e.